The molecule has 3 N–H and O–H groups in total. The molecule has 0 saturated heterocycles. The van der Waals surface area contributed by atoms with E-state index in [0.717, 1.165) is 24.3 Å². The molecule has 2 rings (SSSR count). The van der Waals surface area contributed by atoms with Gasteiger partial charge in [0.05, 0.1) is 16.3 Å². The third-order valence-corrected chi connectivity index (χ3v) is 4.07. The van der Waals surface area contributed by atoms with Crippen LogP contribution in [0.5, 0.6) is 0 Å². The lowest BCUT2D eigenvalue weighted by Crippen LogP contribution is -2.14. The minimum Gasteiger partial charge on any atom is -0.396 e. The monoisotopic (exact) mass is 298 g/mol. The predicted octanol–water partition coefficient (Wildman–Crippen LogP) is 2.66. The fourth-order valence-electron chi connectivity index (χ4n) is 1.63. The highest BCUT2D eigenvalue weighted by Crippen LogP contribution is 2.22. The van der Waals surface area contributed by atoms with Crippen LogP contribution in [0.4, 0.5) is 20.2 Å². The predicted molar refractivity (Wildman–Crippen MR) is 72.8 cm³/mol. The molecule has 0 aliphatic heterocycles. The zero-order valence-corrected chi connectivity index (χ0v) is 11.3. The molecule has 7 heteroatoms. The van der Waals surface area contributed by atoms with Crippen molar-refractivity contribution in [1.29, 1.82) is 0 Å². The normalized spacial score (nSPS) is 11.3. The first-order chi connectivity index (χ1) is 9.29. The molecular weight excluding hydrogens is 286 g/mol. The number of nitrogens with one attached hydrogen (secondary N) is 1. The molecule has 106 valence electrons. The van der Waals surface area contributed by atoms with Crippen molar-refractivity contribution in [1.82, 2.24) is 0 Å². The number of hydrogen-bond donors (Lipinski definition) is 2. The molecule has 0 bridgehead atoms. The molecule has 2 aromatic carbocycles. The topological polar surface area (TPSA) is 72.2 Å². The van der Waals surface area contributed by atoms with Crippen molar-refractivity contribution in [2.45, 2.75) is 11.8 Å². The van der Waals surface area contributed by atoms with E-state index in [1.807, 2.05) is 0 Å². The van der Waals surface area contributed by atoms with E-state index < -0.39 is 21.7 Å². The lowest BCUT2D eigenvalue weighted by atomic mass is 10.2. The molecule has 0 aliphatic rings. The summed E-state index contributed by atoms with van der Waals surface area (Å²) < 4.78 is 52.5. The lowest BCUT2D eigenvalue weighted by Gasteiger charge is -2.11. The fraction of sp³-hybridized carbons (Fsp3) is 0.0769. The summed E-state index contributed by atoms with van der Waals surface area (Å²) in [6.07, 6.45) is 0. The van der Waals surface area contributed by atoms with Gasteiger partial charge in [0.2, 0.25) is 0 Å². The van der Waals surface area contributed by atoms with Gasteiger partial charge in [0, 0.05) is 0 Å². The zero-order valence-electron chi connectivity index (χ0n) is 10.5. The fourth-order valence-corrected chi connectivity index (χ4v) is 2.80. The van der Waals surface area contributed by atoms with Crippen molar-refractivity contribution in [2.24, 2.45) is 0 Å². The van der Waals surface area contributed by atoms with E-state index in [2.05, 4.69) is 4.72 Å². The molecule has 0 fully saturated rings. The summed E-state index contributed by atoms with van der Waals surface area (Å²) in [7, 11) is -3.91. The number of benzene rings is 2. The molecule has 0 aromatic heterocycles. The number of halogens is 2. The van der Waals surface area contributed by atoms with Gasteiger partial charge < -0.3 is 5.73 Å². The van der Waals surface area contributed by atoms with E-state index in [0.29, 0.717) is 5.56 Å². The van der Waals surface area contributed by atoms with Crippen LogP contribution < -0.4 is 10.5 Å². The Kier molecular flexibility index (Phi) is 3.63. The number of aryl methyl sites for hydroxylation is 1. The molecule has 4 nitrogen and oxygen atoms in total. The Hall–Kier alpha value is -2.15. The number of hydrogen-bond acceptors (Lipinski definition) is 3. The maximum Gasteiger partial charge on any atom is 0.261 e. The minimum atomic E-state index is -3.91. The minimum absolute atomic E-state index is 0.167. The van der Waals surface area contributed by atoms with Crippen LogP contribution in [0, 0.1) is 18.6 Å². The van der Waals surface area contributed by atoms with Gasteiger partial charge in [-0.1, -0.05) is 0 Å². The summed E-state index contributed by atoms with van der Waals surface area (Å²) in [5.74, 6) is -1.15. The molecular formula is C13H12F2N2O2S. The standard InChI is InChI=1S/C13H12F2N2O2S/c1-8-6-9(14)2-5-13(8)17-20(18,19)10-3-4-11(15)12(16)7-10/h2-7,17H,16H2,1H3. The van der Waals surface area contributed by atoms with Crippen molar-refractivity contribution in [2.75, 3.05) is 10.5 Å². The molecule has 0 unspecified atom stereocenters. The van der Waals surface area contributed by atoms with Gasteiger partial charge in [-0.05, 0) is 48.9 Å². The molecule has 0 spiro atoms. The summed E-state index contributed by atoms with van der Waals surface area (Å²) in [5, 5.41) is 0. The van der Waals surface area contributed by atoms with E-state index in [-0.39, 0.29) is 16.3 Å². The SMILES string of the molecule is Cc1cc(F)ccc1NS(=O)(=O)c1ccc(F)c(N)c1. The average Bonchev–Trinajstić information content (AvgIpc) is 2.36. The van der Waals surface area contributed by atoms with Crippen molar-refractivity contribution in [3.63, 3.8) is 0 Å². The Morgan fingerprint density at radius 1 is 1.10 bits per heavy atom. The van der Waals surface area contributed by atoms with Gasteiger partial charge in [0.15, 0.2) is 0 Å². The molecule has 0 aliphatic carbocycles. The summed E-state index contributed by atoms with van der Waals surface area (Å²) in [4.78, 5) is -0.167. The largest absolute Gasteiger partial charge is 0.396 e. The second-order valence-corrected chi connectivity index (χ2v) is 5.93. The third kappa shape index (κ3) is 2.88. The van der Waals surface area contributed by atoms with Crippen LogP contribution in [0.1, 0.15) is 5.56 Å². The number of sulfonamides is 1. The molecule has 0 amide bonds. The van der Waals surface area contributed by atoms with Crippen molar-refractivity contribution in [3.05, 3.63) is 53.6 Å². The van der Waals surface area contributed by atoms with Crippen LogP contribution in [0.3, 0.4) is 0 Å². The Morgan fingerprint density at radius 3 is 2.40 bits per heavy atom. The second-order valence-electron chi connectivity index (χ2n) is 4.25. The van der Waals surface area contributed by atoms with Crippen LogP contribution in [-0.4, -0.2) is 8.42 Å². The van der Waals surface area contributed by atoms with Crippen LogP contribution in [0.2, 0.25) is 0 Å². The number of anilines is 2. The Bertz CT molecular complexity index is 761. The van der Waals surface area contributed by atoms with Crippen LogP contribution in [0.25, 0.3) is 0 Å². The first-order valence-electron chi connectivity index (χ1n) is 5.63. The van der Waals surface area contributed by atoms with Gasteiger partial charge in [-0.2, -0.15) is 0 Å². The Labute approximate surface area is 115 Å². The molecule has 0 atom stereocenters. The molecule has 20 heavy (non-hydrogen) atoms. The van der Waals surface area contributed by atoms with Gasteiger partial charge in [-0.3, -0.25) is 4.72 Å². The lowest BCUT2D eigenvalue weighted by molar-refractivity contribution is 0.599. The van der Waals surface area contributed by atoms with Gasteiger partial charge in [-0.25, -0.2) is 17.2 Å². The average molecular weight is 298 g/mol. The third-order valence-electron chi connectivity index (χ3n) is 2.71. The highest BCUT2D eigenvalue weighted by atomic mass is 32.2. The van der Waals surface area contributed by atoms with Crippen LogP contribution in [-0.2, 0) is 10.0 Å². The Balaban J connectivity index is 2.38. The first-order valence-corrected chi connectivity index (χ1v) is 7.12. The molecule has 0 saturated carbocycles. The summed E-state index contributed by atoms with van der Waals surface area (Å²) in [6, 6.07) is 6.76. The van der Waals surface area contributed by atoms with E-state index in [1.54, 1.807) is 6.92 Å². The molecule has 2 aromatic rings. The van der Waals surface area contributed by atoms with Crippen LogP contribution in [0.15, 0.2) is 41.3 Å². The number of nitrogens with two attached hydrogens (primary N) is 1. The molecule has 0 radical (unpaired) electrons. The molecule has 0 heterocycles. The summed E-state index contributed by atoms with van der Waals surface area (Å²) in [6.45, 7) is 1.57. The summed E-state index contributed by atoms with van der Waals surface area (Å²) >= 11 is 0. The number of nitrogen functional groups attached to an aromatic ring is 1. The quantitative estimate of drug-likeness (QED) is 0.856. The maximum atomic E-state index is 13.0. The van der Waals surface area contributed by atoms with E-state index >= 15 is 0 Å². The van der Waals surface area contributed by atoms with E-state index in [4.69, 9.17) is 5.73 Å². The van der Waals surface area contributed by atoms with Gasteiger partial charge in [-0.15, -0.1) is 0 Å². The smallest absolute Gasteiger partial charge is 0.261 e. The second kappa shape index (κ2) is 5.09. The van der Waals surface area contributed by atoms with E-state index in [9.17, 15) is 17.2 Å². The highest BCUT2D eigenvalue weighted by molar-refractivity contribution is 7.92. The number of rotatable bonds is 3. The zero-order chi connectivity index (χ0) is 14.9. The van der Waals surface area contributed by atoms with Gasteiger partial charge in [0.1, 0.15) is 11.6 Å². The summed E-state index contributed by atoms with van der Waals surface area (Å²) in [5.41, 5.74) is 5.76. The maximum absolute atomic E-state index is 13.0. The van der Waals surface area contributed by atoms with E-state index in [1.165, 1.54) is 12.1 Å². The van der Waals surface area contributed by atoms with Crippen LogP contribution >= 0.6 is 0 Å². The first kappa shape index (κ1) is 14.3. The Morgan fingerprint density at radius 2 is 1.80 bits per heavy atom. The van der Waals surface area contributed by atoms with Crippen molar-refractivity contribution >= 4 is 21.4 Å². The van der Waals surface area contributed by atoms with Crippen molar-refractivity contribution < 1.29 is 17.2 Å². The highest BCUT2D eigenvalue weighted by Gasteiger charge is 2.16. The van der Waals surface area contributed by atoms with Gasteiger partial charge in [0.25, 0.3) is 10.0 Å². The van der Waals surface area contributed by atoms with Crippen molar-refractivity contribution in [3.8, 4) is 0 Å². The van der Waals surface area contributed by atoms with Gasteiger partial charge >= 0.3 is 0 Å².